The van der Waals surface area contributed by atoms with Crippen LogP contribution >= 0.6 is 23.1 Å². The number of aromatic amines is 1. The molecular weight excluding hydrogens is 274 g/mol. The SMILES string of the molecule is CSCCCCCNCc1cn[nH]c1-c1cccs1. The predicted octanol–water partition coefficient (Wildman–Crippen LogP) is 3.76. The third-order valence-corrected chi connectivity index (χ3v) is 4.59. The number of thiophene rings is 1. The number of thioether (sulfide) groups is 1. The van der Waals surface area contributed by atoms with E-state index < -0.39 is 0 Å². The molecule has 0 amide bonds. The van der Waals surface area contributed by atoms with Crippen molar-refractivity contribution in [2.45, 2.75) is 25.8 Å². The van der Waals surface area contributed by atoms with Gasteiger partial charge in [-0.3, -0.25) is 5.10 Å². The van der Waals surface area contributed by atoms with Gasteiger partial charge in [-0.25, -0.2) is 0 Å². The number of nitrogens with one attached hydrogen (secondary N) is 2. The van der Waals surface area contributed by atoms with E-state index in [0.717, 1.165) is 18.8 Å². The molecule has 19 heavy (non-hydrogen) atoms. The summed E-state index contributed by atoms with van der Waals surface area (Å²) in [5.41, 5.74) is 2.41. The summed E-state index contributed by atoms with van der Waals surface area (Å²) in [7, 11) is 0. The first-order valence-corrected chi connectivity index (χ1v) is 8.95. The van der Waals surface area contributed by atoms with Gasteiger partial charge in [0.1, 0.15) is 0 Å². The van der Waals surface area contributed by atoms with Crippen molar-refractivity contribution < 1.29 is 0 Å². The number of rotatable bonds is 9. The quantitative estimate of drug-likeness (QED) is 0.692. The van der Waals surface area contributed by atoms with Crippen molar-refractivity contribution >= 4 is 23.1 Å². The number of nitrogens with zero attached hydrogens (tertiary/aromatic N) is 1. The van der Waals surface area contributed by atoms with Crippen molar-refractivity contribution in [3.63, 3.8) is 0 Å². The number of unbranched alkanes of at least 4 members (excludes halogenated alkanes) is 2. The molecule has 2 aromatic rings. The van der Waals surface area contributed by atoms with E-state index in [1.165, 1.54) is 35.5 Å². The average molecular weight is 295 g/mol. The van der Waals surface area contributed by atoms with Gasteiger partial charge in [0.25, 0.3) is 0 Å². The Bertz CT molecular complexity index is 451. The molecule has 0 bridgehead atoms. The minimum absolute atomic E-state index is 0.895. The molecule has 0 aromatic carbocycles. The van der Waals surface area contributed by atoms with Crippen LogP contribution in [0.5, 0.6) is 0 Å². The summed E-state index contributed by atoms with van der Waals surface area (Å²) in [5.74, 6) is 1.28. The fraction of sp³-hybridized carbons (Fsp3) is 0.500. The average Bonchev–Trinajstić information content (AvgIpc) is 3.08. The van der Waals surface area contributed by atoms with Crippen LogP contribution in [-0.4, -0.2) is 28.8 Å². The molecule has 3 nitrogen and oxygen atoms in total. The summed E-state index contributed by atoms with van der Waals surface area (Å²) in [6.45, 7) is 1.98. The Morgan fingerprint density at radius 2 is 2.32 bits per heavy atom. The van der Waals surface area contributed by atoms with E-state index in [0.29, 0.717) is 0 Å². The Labute approximate surface area is 123 Å². The van der Waals surface area contributed by atoms with E-state index in [4.69, 9.17) is 0 Å². The van der Waals surface area contributed by atoms with Gasteiger partial charge in [-0.15, -0.1) is 11.3 Å². The van der Waals surface area contributed by atoms with Gasteiger partial charge >= 0.3 is 0 Å². The zero-order valence-electron chi connectivity index (χ0n) is 11.3. The second kappa shape index (κ2) is 8.40. The van der Waals surface area contributed by atoms with Gasteiger partial charge < -0.3 is 5.32 Å². The third kappa shape index (κ3) is 4.67. The van der Waals surface area contributed by atoms with Crippen molar-refractivity contribution in [2.24, 2.45) is 0 Å². The van der Waals surface area contributed by atoms with E-state index in [1.807, 2.05) is 18.0 Å². The molecule has 0 unspecified atom stereocenters. The Morgan fingerprint density at radius 1 is 1.37 bits per heavy atom. The van der Waals surface area contributed by atoms with E-state index in [9.17, 15) is 0 Å². The second-order valence-electron chi connectivity index (χ2n) is 4.48. The van der Waals surface area contributed by atoms with Gasteiger partial charge in [0, 0.05) is 12.1 Å². The Morgan fingerprint density at radius 3 is 3.11 bits per heavy atom. The topological polar surface area (TPSA) is 40.7 Å². The molecule has 2 aromatic heterocycles. The maximum Gasteiger partial charge on any atom is 0.0794 e. The van der Waals surface area contributed by atoms with Crippen molar-refractivity contribution in [2.75, 3.05) is 18.6 Å². The second-order valence-corrected chi connectivity index (χ2v) is 6.41. The van der Waals surface area contributed by atoms with E-state index >= 15 is 0 Å². The summed E-state index contributed by atoms with van der Waals surface area (Å²) in [6, 6.07) is 4.20. The summed E-state index contributed by atoms with van der Waals surface area (Å²) in [5, 5.41) is 12.9. The highest BCUT2D eigenvalue weighted by molar-refractivity contribution is 7.98. The fourth-order valence-corrected chi connectivity index (χ4v) is 3.22. The van der Waals surface area contributed by atoms with Crippen LogP contribution in [0.25, 0.3) is 10.6 Å². The number of hydrogen-bond donors (Lipinski definition) is 2. The zero-order valence-corrected chi connectivity index (χ0v) is 12.9. The number of aromatic nitrogens is 2. The highest BCUT2D eigenvalue weighted by atomic mass is 32.2. The molecule has 0 saturated heterocycles. The monoisotopic (exact) mass is 295 g/mol. The normalized spacial score (nSPS) is 11.0. The van der Waals surface area contributed by atoms with Crippen LogP contribution in [0.2, 0.25) is 0 Å². The Hall–Kier alpha value is -0.780. The first kappa shape index (κ1) is 14.6. The highest BCUT2D eigenvalue weighted by Crippen LogP contribution is 2.25. The summed E-state index contributed by atoms with van der Waals surface area (Å²) >= 11 is 3.68. The lowest BCUT2D eigenvalue weighted by molar-refractivity contribution is 0.619. The van der Waals surface area contributed by atoms with Gasteiger partial charge in [-0.05, 0) is 42.8 Å². The minimum Gasteiger partial charge on any atom is -0.313 e. The Kier molecular flexibility index (Phi) is 6.47. The van der Waals surface area contributed by atoms with Crippen LogP contribution in [-0.2, 0) is 6.54 Å². The molecule has 0 spiro atoms. The lowest BCUT2D eigenvalue weighted by atomic mass is 10.2. The molecule has 2 rings (SSSR count). The van der Waals surface area contributed by atoms with Crippen LogP contribution in [0, 0.1) is 0 Å². The van der Waals surface area contributed by atoms with Crippen LogP contribution in [0.1, 0.15) is 24.8 Å². The van der Waals surface area contributed by atoms with Crippen molar-refractivity contribution in [3.05, 3.63) is 29.3 Å². The molecule has 5 heteroatoms. The molecule has 2 N–H and O–H groups in total. The first-order chi connectivity index (χ1) is 9.42. The molecule has 0 saturated carbocycles. The molecule has 0 fully saturated rings. The summed E-state index contributed by atoms with van der Waals surface area (Å²) in [6.07, 6.45) is 8.00. The molecule has 2 heterocycles. The van der Waals surface area contributed by atoms with Gasteiger partial charge in [0.05, 0.1) is 16.8 Å². The van der Waals surface area contributed by atoms with Gasteiger partial charge in [-0.2, -0.15) is 16.9 Å². The minimum atomic E-state index is 0.895. The Balaban J connectivity index is 1.71. The van der Waals surface area contributed by atoms with Crippen molar-refractivity contribution in [1.29, 1.82) is 0 Å². The maximum atomic E-state index is 4.16. The van der Waals surface area contributed by atoms with Crippen LogP contribution in [0.3, 0.4) is 0 Å². The van der Waals surface area contributed by atoms with Crippen LogP contribution < -0.4 is 5.32 Å². The zero-order chi connectivity index (χ0) is 13.3. The van der Waals surface area contributed by atoms with E-state index in [1.54, 1.807) is 11.3 Å². The molecular formula is C14H21N3S2. The van der Waals surface area contributed by atoms with Crippen LogP contribution in [0.4, 0.5) is 0 Å². The fourth-order valence-electron chi connectivity index (χ4n) is 1.98. The smallest absolute Gasteiger partial charge is 0.0794 e. The van der Waals surface area contributed by atoms with Gasteiger partial charge in [0.2, 0.25) is 0 Å². The predicted molar refractivity (Wildman–Crippen MR) is 85.8 cm³/mol. The lowest BCUT2D eigenvalue weighted by Gasteiger charge is -2.04. The van der Waals surface area contributed by atoms with Crippen LogP contribution in [0.15, 0.2) is 23.7 Å². The van der Waals surface area contributed by atoms with Gasteiger partial charge in [-0.1, -0.05) is 12.5 Å². The van der Waals surface area contributed by atoms with Crippen molar-refractivity contribution in [3.8, 4) is 10.6 Å². The summed E-state index contributed by atoms with van der Waals surface area (Å²) in [4.78, 5) is 1.26. The van der Waals surface area contributed by atoms with Gasteiger partial charge in [0.15, 0.2) is 0 Å². The highest BCUT2D eigenvalue weighted by Gasteiger charge is 2.07. The lowest BCUT2D eigenvalue weighted by Crippen LogP contribution is -2.14. The molecule has 0 radical (unpaired) electrons. The number of H-pyrrole nitrogens is 1. The molecule has 0 atom stereocenters. The van der Waals surface area contributed by atoms with Crippen molar-refractivity contribution in [1.82, 2.24) is 15.5 Å². The molecule has 0 aliphatic rings. The first-order valence-electron chi connectivity index (χ1n) is 6.67. The van der Waals surface area contributed by atoms with E-state index in [2.05, 4.69) is 39.3 Å². The molecule has 0 aliphatic carbocycles. The number of hydrogen-bond acceptors (Lipinski definition) is 4. The standard InChI is InChI=1S/C14H21N3S2/c1-18-8-4-2-3-7-15-10-12-11-16-17-14(12)13-6-5-9-19-13/h5-6,9,11,15H,2-4,7-8,10H2,1H3,(H,16,17). The molecule has 104 valence electrons. The third-order valence-electron chi connectivity index (χ3n) is 3.00. The maximum absolute atomic E-state index is 4.16. The summed E-state index contributed by atoms with van der Waals surface area (Å²) < 4.78 is 0. The molecule has 0 aliphatic heterocycles. The largest absolute Gasteiger partial charge is 0.313 e. The van der Waals surface area contributed by atoms with E-state index in [-0.39, 0.29) is 0 Å².